The first-order chi connectivity index (χ1) is 14.2. The molecular weight excluding hydrogens is 366 g/mol. The summed E-state index contributed by atoms with van der Waals surface area (Å²) in [5.41, 5.74) is 1.35. The predicted octanol–water partition coefficient (Wildman–Crippen LogP) is 1.96. The molecule has 4 rings (SSSR count). The number of pyridine rings is 1. The van der Waals surface area contributed by atoms with Crippen LogP contribution in [0.15, 0.2) is 71.4 Å². The lowest BCUT2D eigenvalue weighted by Crippen LogP contribution is -2.48. The van der Waals surface area contributed by atoms with Crippen molar-refractivity contribution in [2.24, 2.45) is 0 Å². The van der Waals surface area contributed by atoms with Crippen LogP contribution in [0.1, 0.15) is 12.2 Å². The predicted molar refractivity (Wildman–Crippen MR) is 112 cm³/mol. The van der Waals surface area contributed by atoms with Gasteiger partial charge in [0.05, 0.1) is 5.39 Å². The second-order valence-electron chi connectivity index (χ2n) is 6.98. The second kappa shape index (κ2) is 8.68. The van der Waals surface area contributed by atoms with E-state index in [9.17, 15) is 9.59 Å². The van der Waals surface area contributed by atoms with Crippen molar-refractivity contribution in [2.45, 2.75) is 12.8 Å². The van der Waals surface area contributed by atoms with Gasteiger partial charge in [0, 0.05) is 50.9 Å². The minimum atomic E-state index is -0.219. The number of hydrogen-bond acceptors (Lipinski definition) is 5. The number of fused-ring (bicyclic) bond motifs is 1. The SMILES string of the molecule is O=C(CCc1nc2ncccc2c(=O)[nH]1)N1CCN(C2=C/C=C\C=C/C=C2)CC1. The molecule has 1 aliphatic heterocycles. The molecule has 148 valence electrons. The molecule has 29 heavy (non-hydrogen) atoms. The van der Waals surface area contributed by atoms with Crippen molar-refractivity contribution in [1.82, 2.24) is 24.8 Å². The van der Waals surface area contributed by atoms with Gasteiger partial charge in [-0.25, -0.2) is 9.97 Å². The van der Waals surface area contributed by atoms with Crippen molar-refractivity contribution in [1.29, 1.82) is 0 Å². The van der Waals surface area contributed by atoms with Gasteiger partial charge in [-0.05, 0) is 24.3 Å². The van der Waals surface area contributed by atoms with Crippen LogP contribution in [-0.2, 0) is 11.2 Å². The number of nitrogens with one attached hydrogen (secondary N) is 1. The topological polar surface area (TPSA) is 82.2 Å². The zero-order valence-electron chi connectivity index (χ0n) is 16.1. The van der Waals surface area contributed by atoms with E-state index >= 15 is 0 Å². The van der Waals surface area contributed by atoms with Crippen LogP contribution >= 0.6 is 0 Å². The highest BCUT2D eigenvalue weighted by Gasteiger charge is 2.21. The van der Waals surface area contributed by atoms with E-state index in [1.165, 1.54) is 0 Å². The third kappa shape index (κ3) is 4.51. The Morgan fingerprint density at radius 1 is 1.07 bits per heavy atom. The molecule has 7 heteroatoms. The average Bonchev–Trinajstić information content (AvgIpc) is 2.72. The quantitative estimate of drug-likeness (QED) is 0.864. The van der Waals surface area contributed by atoms with Gasteiger partial charge in [-0.15, -0.1) is 0 Å². The summed E-state index contributed by atoms with van der Waals surface area (Å²) >= 11 is 0. The maximum absolute atomic E-state index is 12.6. The van der Waals surface area contributed by atoms with Crippen LogP contribution in [0.2, 0.25) is 0 Å². The van der Waals surface area contributed by atoms with E-state index in [1.54, 1.807) is 18.3 Å². The number of rotatable bonds is 4. The average molecular weight is 389 g/mol. The van der Waals surface area contributed by atoms with Gasteiger partial charge in [0.25, 0.3) is 5.56 Å². The molecule has 0 unspecified atom stereocenters. The van der Waals surface area contributed by atoms with E-state index in [0.717, 1.165) is 18.8 Å². The van der Waals surface area contributed by atoms with Crippen molar-refractivity contribution >= 4 is 16.9 Å². The molecule has 2 aromatic heterocycles. The first-order valence-electron chi connectivity index (χ1n) is 9.79. The summed E-state index contributed by atoms with van der Waals surface area (Å²) in [6.45, 7) is 2.97. The molecule has 0 bridgehead atoms. The van der Waals surface area contributed by atoms with Gasteiger partial charge in [0.2, 0.25) is 5.91 Å². The normalized spacial score (nSPS) is 18.8. The standard InChI is InChI=1S/C22H23N5O2/c28-20(11-10-19-24-21-18(22(29)25-19)9-6-12-23-21)27-15-13-26(14-16-27)17-7-4-2-1-3-5-8-17/h1-9,12H,10-11,13-16H2,(H,23,24,25,29)/b2-1-,3-1?,4-2?,5-3-,7-4?,8-5?,17-7?,17-8?. The molecule has 2 aromatic rings. The maximum atomic E-state index is 12.6. The van der Waals surface area contributed by atoms with Crippen molar-refractivity contribution < 1.29 is 4.79 Å². The monoisotopic (exact) mass is 389 g/mol. The highest BCUT2D eigenvalue weighted by atomic mass is 16.2. The van der Waals surface area contributed by atoms with Gasteiger partial charge in [0.15, 0.2) is 5.65 Å². The molecule has 1 aliphatic carbocycles. The van der Waals surface area contributed by atoms with Crippen molar-refractivity contribution in [3.63, 3.8) is 0 Å². The number of carbonyl (C=O) groups is 1. The molecule has 0 saturated carbocycles. The summed E-state index contributed by atoms with van der Waals surface area (Å²) in [6, 6.07) is 3.40. The van der Waals surface area contributed by atoms with Crippen LogP contribution in [0.4, 0.5) is 0 Å². The molecule has 0 atom stereocenters. The maximum Gasteiger partial charge on any atom is 0.260 e. The summed E-state index contributed by atoms with van der Waals surface area (Å²) in [6.07, 6.45) is 16.6. The zero-order valence-corrected chi connectivity index (χ0v) is 16.1. The van der Waals surface area contributed by atoms with E-state index in [-0.39, 0.29) is 11.5 Å². The number of aromatic nitrogens is 3. The van der Waals surface area contributed by atoms with Crippen LogP contribution < -0.4 is 5.56 Å². The van der Waals surface area contributed by atoms with Crippen molar-refractivity contribution in [2.75, 3.05) is 26.2 Å². The number of nitrogens with zero attached hydrogens (tertiary/aromatic N) is 4. The van der Waals surface area contributed by atoms with Gasteiger partial charge in [0.1, 0.15) is 5.82 Å². The van der Waals surface area contributed by atoms with E-state index < -0.39 is 0 Å². The number of piperazine rings is 1. The van der Waals surface area contributed by atoms with Crippen LogP contribution in [0, 0.1) is 0 Å². The second-order valence-corrected chi connectivity index (χ2v) is 6.98. The van der Waals surface area contributed by atoms with Crippen LogP contribution in [0.5, 0.6) is 0 Å². The summed E-state index contributed by atoms with van der Waals surface area (Å²) < 4.78 is 0. The fourth-order valence-electron chi connectivity index (χ4n) is 3.50. The fourth-order valence-corrected chi connectivity index (χ4v) is 3.50. The Labute approximate surface area is 168 Å². The molecule has 3 heterocycles. The fraction of sp³-hybridized carbons (Fsp3) is 0.273. The minimum absolute atomic E-state index is 0.0819. The number of amides is 1. The van der Waals surface area contributed by atoms with E-state index in [0.29, 0.717) is 42.8 Å². The van der Waals surface area contributed by atoms with Crippen LogP contribution in [0.3, 0.4) is 0 Å². The number of allylic oxidation sites excluding steroid dienone is 7. The number of carbonyl (C=O) groups excluding carboxylic acids is 1. The van der Waals surface area contributed by atoms with Crippen LogP contribution in [0.25, 0.3) is 11.0 Å². The molecule has 0 spiro atoms. The molecule has 1 saturated heterocycles. The third-order valence-electron chi connectivity index (χ3n) is 5.08. The third-order valence-corrected chi connectivity index (χ3v) is 5.08. The Kier molecular flexibility index (Phi) is 5.65. The molecule has 1 fully saturated rings. The molecular formula is C22H23N5O2. The number of aryl methyl sites for hydroxylation is 1. The van der Waals surface area contributed by atoms with Gasteiger partial charge < -0.3 is 14.8 Å². The highest BCUT2D eigenvalue weighted by Crippen LogP contribution is 2.14. The highest BCUT2D eigenvalue weighted by molar-refractivity contribution is 5.77. The van der Waals surface area contributed by atoms with Gasteiger partial charge >= 0.3 is 0 Å². The summed E-state index contributed by atoms with van der Waals surface area (Å²) in [5.74, 6) is 0.580. The summed E-state index contributed by atoms with van der Waals surface area (Å²) in [4.78, 5) is 40.2. The first kappa shape index (κ1) is 18.9. The van der Waals surface area contributed by atoms with Gasteiger partial charge in [-0.1, -0.05) is 30.4 Å². The van der Waals surface area contributed by atoms with Crippen molar-refractivity contribution in [3.05, 3.63) is 82.7 Å². The van der Waals surface area contributed by atoms with E-state index in [2.05, 4.69) is 32.0 Å². The molecule has 7 nitrogen and oxygen atoms in total. The Morgan fingerprint density at radius 2 is 1.86 bits per heavy atom. The lowest BCUT2D eigenvalue weighted by Gasteiger charge is -2.36. The number of aromatic amines is 1. The Balaban J connectivity index is 1.33. The summed E-state index contributed by atoms with van der Waals surface area (Å²) in [5, 5.41) is 0.460. The van der Waals surface area contributed by atoms with E-state index in [4.69, 9.17) is 0 Å². The zero-order chi connectivity index (χ0) is 20.1. The smallest absolute Gasteiger partial charge is 0.260 e. The lowest BCUT2D eigenvalue weighted by molar-refractivity contribution is -0.132. The molecule has 1 N–H and O–H groups in total. The number of hydrogen-bond donors (Lipinski definition) is 1. The minimum Gasteiger partial charge on any atom is -0.368 e. The lowest BCUT2D eigenvalue weighted by atomic mass is 10.2. The molecule has 2 aliphatic rings. The molecule has 1 amide bonds. The Hall–Kier alpha value is -3.48. The van der Waals surface area contributed by atoms with Crippen LogP contribution in [-0.4, -0.2) is 56.8 Å². The van der Waals surface area contributed by atoms with Crippen molar-refractivity contribution in [3.8, 4) is 0 Å². The van der Waals surface area contributed by atoms with Gasteiger partial charge in [-0.3, -0.25) is 9.59 Å². The molecule has 0 radical (unpaired) electrons. The number of H-pyrrole nitrogens is 1. The first-order valence-corrected chi connectivity index (χ1v) is 9.79. The Morgan fingerprint density at radius 3 is 2.72 bits per heavy atom. The largest absolute Gasteiger partial charge is 0.368 e. The van der Waals surface area contributed by atoms with E-state index in [1.807, 2.05) is 35.3 Å². The Bertz CT molecular complexity index is 1070. The van der Waals surface area contributed by atoms with Gasteiger partial charge in [-0.2, -0.15) is 0 Å². The molecule has 0 aromatic carbocycles. The summed E-state index contributed by atoms with van der Waals surface area (Å²) in [7, 11) is 0.